The molecular weight excluding hydrogens is 120 g/mol. The van der Waals surface area contributed by atoms with Gasteiger partial charge in [0.2, 0.25) is 0 Å². The van der Waals surface area contributed by atoms with Crippen LogP contribution in [0.3, 0.4) is 0 Å². The molecule has 10 heavy (non-hydrogen) atoms. The summed E-state index contributed by atoms with van der Waals surface area (Å²) in [6.45, 7) is 11.5. The average molecular weight is 134 g/mol. The summed E-state index contributed by atoms with van der Waals surface area (Å²) in [5.41, 5.74) is 0. The summed E-state index contributed by atoms with van der Waals surface area (Å²) in [7, 11) is 0. The van der Waals surface area contributed by atoms with Crippen LogP contribution in [0.15, 0.2) is 24.3 Å². The molecule has 0 unspecified atom stereocenters. The zero-order chi connectivity index (χ0) is 7.98. The first-order valence-corrected chi connectivity index (χ1v) is 3.53. The lowest BCUT2D eigenvalue weighted by atomic mass is 10.3. The maximum atomic E-state index is 3.73. The topological polar surface area (TPSA) is 0 Å². The molecule has 0 nitrogen and oxygen atoms in total. The van der Waals surface area contributed by atoms with Crippen molar-refractivity contribution in [3.63, 3.8) is 0 Å². The molecule has 0 saturated carbocycles. The highest BCUT2D eigenvalue weighted by molar-refractivity contribution is 5.13. The van der Waals surface area contributed by atoms with E-state index < -0.39 is 0 Å². The van der Waals surface area contributed by atoms with E-state index in [4.69, 9.17) is 0 Å². The molecule has 0 aromatic heterocycles. The van der Waals surface area contributed by atoms with Gasteiger partial charge in [-0.2, -0.15) is 0 Å². The lowest BCUT2D eigenvalue weighted by Crippen LogP contribution is -2.02. The van der Waals surface area contributed by atoms with Crippen LogP contribution in [0.1, 0.15) is 13.8 Å². The van der Waals surface area contributed by atoms with E-state index in [0.717, 1.165) is 10.4 Å². The maximum absolute atomic E-state index is 3.73. The molecule has 0 aliphatic rings. The van der Waals surface area contributed by atoms with E-state index in [1.165, 1.54) is 0 Å². The fourth-order valence-electron chi connectivity index (χ4n) is 0.539. The zero-order valence-electron chi connectivity index (χ0n) is 6.72. The van der Waals surface area contributed by atoms with Crippen LogP contribution < -0.4 is 10.4 Å². The fourth-order valence-corrected chi connectivity index (χ4v) is 0.539. The summed E-state index contributed by atoms with van der Waals surface area (Å²) in [5, 5.41) is 2.08. The van der Waals surface area contributed by atoms with Crippen LogP contribution in [0.5, 0.6) is 0 Å². The van der Waals surface area contributed by atoms with Gasteiger partial charge in [-0.1, -0.05) is 51.3 Å². The van der Waals surface area contributed by atoms with Crippen molar-refractivity contribution in [2.24, 2.45) is 0 Å². The maximum Gasteiger partial charge on any atom is -0.0328 e. The van der Waals surface area contributed by atoms with Crippen molar-refractivity contribution in [1.82, 2.24) is 0 Å². The Hall–Kier alpha value is -1.04. The molecular formula is C10H14. The van der Waals surface area contributed by atoms with Gasteiger partial charge in [0.25, 0.3) is 0 Å². The van der Waals surface area contributed by atoms with Gasteiger partial charge in [-0.25, -0.2) is 0 Å². The summed E-state index contributed by atoms with van der Waals surface area (Å²) >= 11 is 0. The summed E-state index contributed by atoms with van der Waals surface area (Å²) in [6.07, 6.45) is 0. The quantitative estimate of drug-likeness (QED) is 0.505. The molecule has 1 aromatic carbocycles. The van der Waals surface area contributed by atoms with Gasteiger partial charge in [0.1, 0.15) is 0 Å². The van der Waals surface area contributed by atoms with Gasteiger partial charge >= 0.3 is 0 Å². The summed E-state index contributed by atoms with van der Waals surface area (Å²) in [6, 6.07) is 7.79. The van der Waals surface area contributed by atoms with E-state index in [9.17, 15) is 0 Å². The first kappa shape index (κ1) is 8.96. The molecule has 0 amide bonds. The second kappa shape index (κ2) is 4.80. The molecule has 1 aromatic rings. The predicted molar refractivity (Wildman–Crippen MR) is 48.1 cm³/mol. The summed E-state index contributed by atoms with van der Waals surface area (Å²) < 4.78 is 0. The van der Waals surface area contributed by atoms with Gasteiger partial charge in [0.15, 0.2) is 0 Å². The minimum atomic E-state index is 1.04. The first-order chi connectivity index (χ1) is 4.79. The summed E-state index contributed by atoms with van der Waals surface area (Å²) in [5.74, 6) is 0. The molecule has 0 atom stereocenters. The lowest BCUT2D eigenvalue weighted by Gasteiger charge is -1.78. The van der Waals surface area contributed by atoms with Crippen molar-refractivity contribution in [2.45, 2.75) is 13.8 Å². The minimum Gasteiger partial charge on any atom is -0.0918 e. The molecule has 0 fully saturated rings. The Bertz CT molecular complexity index is 207. The van der Waals surface area contributed by atoms with Gasteiger partial charge in [0.05, 0.1) is 0 Å². The van der Waals surface area contributed by atoms with Crippen molar-refractivity contribution in [1.29, 1.82) is 0 Å². The van der Waals surface area contributed by atoms with Crippen LogP contribution in [0.2, 0.25) is 0 Å². The highest BCUT2D eigenvalue weighted by Gasteiger charge is 1.69. The molecule has 0 saturated heterocycles. The monoisotopic (exact) mass is 134 g/mol. The summed E-state index contributed by atoms with van der Waals surface area (Å²) in [4.78, 5) is 0. The average Bonchev–Trinajstić information content (AvgIpc) is 2.00. The third kappa shape index (κ3) is 3.08. The van der Waals surface area contributed by atoms with Crippen LogP contribution in [0, 0.1) is 0 Å². The zero-order valence-corrected chi connectivity index (χ0v) is 6.72. The molecule has 0 bridgehead atoms. The van der Waals surface area contributed by atoms with Crippen LogP contribution in [0.4, 0.5) is 0 Å². The molecule has 0 N–H and O–H groups in total. The highest BCUT2D eigenvalue weighted by Crippen LogP contribution is 1.62. The van der Waals surface area contributed by atoms with E-state index in [2.05, 4.69) is 13.2 Å². The Kier molecular flexibility index (Phi) is 4.30. The van der Waals surface area contributed by atoms with E-state index in [1.807, 2.05) is 38.1 Å². The standard InChI is InChI=1S/C8H8.C2H6/c1-7-3-5-8(2)6-4-7;1-2/h3-6H,1-2H2;1-2H3. The highest BCUT2D eigenvalue weighted by atomic mass is 13.8. The SMILES string of the molecule is C=c1ccc(=C)cc1.CC. The van der Waals surface area contributed by atoms with Crippen molar-refractivity contribution in [3.8, 4) is 0 Å². The number of rotatable bonds is 0. The second-order valence-electron chi connectivity index (χ2n) is 1.82. The van der Waals surface area contributed by atoms with Gasteiger partial charge in [-0.05, 0) is 10.4 Å². The third-order valence-electron chi connectivity index (χ3n) is 1.02. The number of hydrogen-bond acceptors (Lipinski definition) is 0. The molecule has 0 aliphatic carbocycles. The van der Waals surface area contributed by atoms with Crippen LogP contribution >= 0.6 is 0 Å². The third-order valence-corrected chi connectivity index (χ3v) is 1.02. The molecule has 0 aliphatic heterocycles. The molecule has 54 valence electrons. The number of benzene rings is 1. The van der Waals surface area contributed by atoms with Crippen molar-refractivity contribution < 1.29 is 0 Å². The Morgan fingerprint density at radius 2 is 1.00 bits per heavy atom. The van der Waals surface area contributed by atoms with Gasteiger partial charge < -0.3 is 0 Å². The molecule has 0 spiro atoms. The van der Waals surface area contributed by atoms with Crippen molar-refractivity contribution in [2.75, 3.05) is 0 Å². The van der Waals surface area contributed by atoms with Gasteiger partial charge in [-0.3, -0.25) is 0 Å². The normalized spacial score (nSPS) is 7.80. The molecule has 0 radical (unpaired) electrons. The van der Waals surface area contributed by atoms with Crippen LogP contribution in [-0.2, 0) is 0 Å². The van der Waals surface area contributed by atoms with E-state index in [0.29, 0.717) is 0 Å². The van der Waals surface area contributed by atoms with Crippen LogP contribution in [-0.4, -0.2) is 0 Å². The largest absolute Gasteiger partial charge is 0.0918 e. The van der Waals surface area contributed by atoms with Crippen LogP contribution in [0.25, 0.3) is 13.2 Å². The number of hydrogen-bond donors (Lipinski definition) is 0. The first-order valence-electron chi connectivity index (χ1n) is 3.53. The lowest BCUT2D eigenvalue weighted by molar-refractivity contribution is 1.50. The van der Waals surface area contributed by atoms with Crippen molar-refractivity contribution >= 4 is 13.2 Å². The molecule has 0 heterocycles. The fraction of sp³-hybridized carbons (Fsp3) is 0.200. The Morgan fingerprint density at radius 1 is 0.800 bits per heavy atom. The Balaban J connectivity index is 0.000000371. The predicted octanol–water partition coefficient (Wildman–Crippen LogP) is 1.53. The van der Waals surface area contributed by atoms with Gasteiger partial charge in [0, 0.05) is 0 Å². The molecule has 0 heteroatoms. The van der Waals surface area contributed by atoms with Crippen molar-refractivity contribution in [3.05, 3.63) is 34.7 Å². The van der Waals surface area contributed by atoms with E-state index in [1.54, 1.807) is 0 Å². The van der Waals surface area contributed by atoms with Gasteiger partial charge in [-0.15, -0.1) is 0 Å². The van der Waals surface area contributed by atoms with E-state index >= 15 is 0 Å². The smallest absolute Gasteiger partial charge is 0.0328 e. The van der Waals surface area contributed by atoms with E-state index in [-0.39, 0.29) is 0 Å². The Labute approximate surface area is 62.5 Å². The minimum absolute atomic E-state index is 1.04. The second-order valence-corrected chi connectivity index (χ2v) is 1.82. The molecule has 1 rings (SSSR count). The Morgan fingerprint density at radius 3 is 1.20 bits per heavy atom.